The molecule has 1 aromatic rings. The van der Waals surface area contributed by atoms with E-state index >= 15 is 0 Å². The Morgan fingerprint density at radius 3 is 2.58 bits per heavy atom. The Morgan fingerprint density at radius 1 is 1.25 bits per heavy atom. The molecule has 2 fully saturated rings. The van der Waals surface area contributed by atoms with Crippen LogP contribution in [0.25, 0.3) is 0 Å². The summed E-state index contributed by atoms with van der Waals surface area (Å²) in [4.78, 5) is 23.2. The lowest BCUT2D eigenvalue weighted by Gasteiger charge is -2.58. The SMILES string of the molecule is COc1ccc([C@@H]2O[C@H](OC(C)=O)[C@]3(O)[C@@H](CC[C@@H](C)[C@@H]3CCSC[C@@H](N)C(=O)O)[C@H]2C)c(OC)c1. The monoisotopic (exact) mass is 525 g/mol. The molecule has 2 aliphatic rings. The van der Waals surface area contributed by atoms with Gasteiger partial charge < -0.3 is 34.9 Å². The fourth-order valence-electron chi connectivity index (χ4n) is 5.91. The smallest absolute Gasteiger partial charge is 0.321 e. The Labute approximate surface area is 217 Å². The molecule has 0 aromatic heterocycles. The van der Waals surface area contributed by atoms with Crippen LogP contribution in [0.2, 0.25) is 0 Å². The Morgan fingerprint density at radius 2 is 1.97 bits per heavy atom. The number of carboxylic acid groups (broad SMARTS) is 1. The van der Waals surface area contributed by atoms with Crippen LogP contribution in [0.1, 0.15) is 51.7 Å². The first-order valence-electron chi connectivity index (χ1n) is 12.4. The molecule has 0 spiro atoms. The van der Waals surface area contributed by atoms with Gasteiger partial charge in [-0.2, -0.15) is 11.8 Å². The van der Waals surface area contributed by atoms with Crippen LogP contribution in [-0.4, -0.2) is 65.8 Å². The lowest BCUT2D eigenvalue weighted by Crippen LogP contribution is -2.65. The molecule has 3 rings (SSSR count). The number of hydrogen-bond acceptors (Lipinski definition) is 9. The highest BCUT2D eigenvalue weighted by molar-refractivity contribution is 7.99. The third-order valence-electron chi connectivity index (χ3n) is 7.78. The van der Waals surface area contributed by atoms with E-state index in [2.05, 4.69) is 13.8 Å². The van der Waals surface area contributed by atoms with Crippen LogP contribution in [0.5, 0.6) is 11.5 Å². The second-order valence-electron chi connectivity index (χ2n) is 9.93. The van der Waals surface area contributed by atoms with Crippen LogP contribution in [0.15, 0.2) is 18.2 Å². The number of benzene rings is 1. The third-order valence-corrected chi connectivity index (χ3v) is 8.90. The molecule has 36 heavy (non-hydrogen) atoms. The van der Waals surface area contributed by atoms with Crippen molar-refractivity contribution >= 4 is 23.7 Å². The van der Waals surface area contributed by atoms with Gasteiger partial charge in [0, 0.05) is 24.3 Å². The molecule has 0 unspecified atom stereocenters. The van der Waals surface area contributed by atoms with E-state index in [0.29, 0.717) is 23.7 Å². The van der Waals surface area contributed by atoms with E-state index in [1.807, 2.05) is 12.1 Å². The largest absolute Gasteiger partial charge is 0.497 e. The molecular weight excluding hydrogens is 486 g/mol. The molecular formula is C26H39NO8S. The molecule has 8 atom stereocenters. The average Bonchev–Trinajstić information content (AvgIpc) is 2.84. The lowest BCUT2D eigenvalue weighted by atomic mass is 9.57. The van der Waals surface area contributed by atoms with Gasteiger partial charge in [-0.05, 0) is 60.8 Å². The zero-order valence-electron chi connectivity index (χ0n) is 21.6. The van der Waals surface area contributed by atoms with Crippen molar-refractivity contribution in [2.45, 2.75) is 64.1 Å². The number of nitrogens with two attached hydrogens (primary N) is 1. The van der Waals surface area contributed by atoms with Gasteiger partial charge >= 0.3 is 11.9 Å². The minimum atomic E-state index is -1.38. The minimum Gasteiger partial charge on any atom is -0.497 e. The summed E-state index contributed by atoms with van der Waals surface area (Å²) in [5.41, 5.74) is 5.06. The van der Waals surface area contributed by atoms with Crippen LogP contribution in [0.4, 0.5) is 0 Å². The van der Waals surface area contributed by atoms with Gasteiger partial charge in [0.1, 0.15) is 23.1 Å². The highest BCUT2D eigenvalue weighted by Crippen LogP contribution is 2.57. The summed E-state index contributed by atoms with van der Waals surface area (Å²) < 4.78 is 23.0. The van der Waals surface area contributed by atoms with Gasteiger partial charge in [-0.15, -0.1) is 0 Å². The van der Waals surface area contributed by atoms with Crippen molar-refractivity contribution in [1.29, 1.82) is 0 Å². The van der Waals surface area contributed by atoms with E-state index in [0.717, 1.165) is 18.4 Å². The molecule has 1 saturated carbocycles. The third kappa shape index (κ3) is 5.77. The van der Waals surface area contributed by atoms with Crippen molar-refractivity contribution in [1.82, 2.24) is 0 Å². The van der Waals surface area contributed by atoms with E-state index < -0.39 is 36.0 Å². The number of carbonyl (C=O) groups excluding carboxylic acids is 1. The summed E-state index contributed by atoms with van der Waals surface area (Å²) in [7, 11) is 3.17. The molecule has 0 radical (unpaired) electrons. The number of aliphatic carboxylic acids is 1. The number of hydrogen-bond donors (Lipinski definition) is 3. The lowest BCUT2D eigenvalue weighted by molar-refractivity contribution is -0.335. The molecule has 0 amide bonds. The van der Waals surface area contributed by atoms with Gasteiger partial charge in [-0.1, -0.05) is 13.8 Å². The van der Waals surface area contributed by atoms with E-state index in [9.17, 15) is 14.7 Å². The molecule has 10 heteroatoms. The summed E-state index contributed by atoms with van der Waals surface area (Å²) in [6.45, 7) is 5.47. The van der Waals surface area contributed by atoms with Gasteiger partial charge in [-0.3, -0.25) is 9.59 Å². The number of esters is 1. The Kier molecular flexibility index (Phi) is 9.54. The molecule has 0 bridgehead atoms. The highest BCUT2D eigenvalue weighted by Gasteiger charge is 2.62. The van der Waals surface area contributed by atoms with E-state index in [-0.39, 0.29) is 29.4 Å². The van der Waals surface area contributed by atoms with E-state index in [4.69, 9.17) is 29.8 Å². The molecule has 1 aromatic carbocycles. The fraction of sp³-hybridized carbons (Fsp3) is 0.692. The standard InChI is InChI=1S/C26H39NO8S/c1-14-6-9-20-15(2)23(18-8-7-17(32-4)12-22(18)33-5)35-25(34-16(3)28)26(20,31)19(14)10-11-36-13-21(27)24(29)30/h7-8,12,14-15,19-21,23,25,31H,6,9-11,13,27H2,1-5H3,(H,29,30)/t14-,15-,19+,20+,21-,23-,25+,26-/m1/s1. The number of rotatable bonds is 10. The minimum absolute atomic E-state index is 0.0906. The first-order valence-corrected chi connectivity index (χ1v) is 13.5. The van der Waals surface area contributed by atoms with Gasteiger partial charge in [0.25, 0.3) is 0 Å². The highest BCUT2D eigenvalue weighted by atomic mass is 32.2. The summed E-state index contributed by atoms with van der Waals surface area (Å²) in [5.74, 6) is 0.310. The van der Waals surface area contributed by atoms with Crippen LogP contribution >= 0.6 is 11.8 Å². The van der Waals surface area contributed by atoms with Gasteiger partial charge in [0.05, 0.1) is 20.3 Å². The predicted octanol–water partition coefficient (Wildman–Crippen LogP) is 3.23. The maximum atomic E-state index is 12.3. The molecule has 1 heterocycles. The molecule has 202 valence electrons. The molecule has 1 aliphatic carbocycles. The van der Waals surface area contributed by atoms with Crippen molar-refractivity contribution in [2.24, 2.45) is 29.4 Å². The molecule has 1 aliphatic heterocycles. The number of ether oxygens (including phenoxy) is 4. The first-order chi connectivity index (χ1) is 17.0. The molecule has 4 N–H and O–H groups in total. The number of fused-ring (bicyclic) bond motifs is 1. The zero-order valence-corrected chi connectivity index (χ0v) is 22.5. The Bertz CT molecular complexity index is 929. The first kappa shape index (κ1) is 28.6. The molecule has 9 nitrogen and oxygen atoms in total. The summed E-state index contributed by atoms with van der Waals surface area (Å²) in [6, 6.07) is 4.58. The summed E-state index contributed by atoms with van der Waals surface area (Å²) >= 11 is 1.45. The number of aliphatic hydroxyl groups is 1. The van der Waals surface area contributed by atoms with E-state index in [1.54, 1.807) is 20.3 Å². The van der Waals surface area contributed by atoms with Crippen LogP contribution in [0.3, 0.4) is 0 Å². The number of methoxy groups -OCH3 is 2. The second kappa shape index (κ2) is 12.0. The summed E-state index contributed by atoms with van der Waals surface area (Å²) in [5, 5.41) is 21.3. The number of thioether (sulfide) groups is 1. The van der Waals surface area contributed by atoms with E-state index in [1.165, 1.54) is 18.7 Å². The maximum absolute atomic E-state index is 12.3. The zero-order chi connectivity index (χ0) is 26.6. The maximum Gasteiger partial charge on any atom is 0.321 e. The average molecular weight is 526 g/mol. The quantitative estimate of drug-likeness (QED) is 0.308. The van der Waals surface area contributed by atoms with Crippen molar-refractivity contribution in [2.75, 3.05) is 25.7 Å². The van der Waals surface area contributed by atoms with Crippen molar-refractivity contribution < 1.29 is 38.7 Å². The second-order valence-corrected chi connectivity index (χ2v) is 11.1. The number of carboxylic acids is 1. The van der Waals surface area contributed by atoms with Gasteiger partial charge in [0.15, 0.2) is 0 Å². The van der Waals surface area contributed by atoms with Gasteiger partial charge in [-0.25, -0.2) is 0 Å². The van der Waals surface area contributed by atoms with Crippen molar-refractivity contribution in [3.63, 3.8) is 0 Å². The summed E-state index contributed by atoms with van der Waals surface area (Å²) in [6.07, 6.45) is 0.697. The van der Waals surface area contributed by atoms with Crippen LogP contribution in [0, 0.1) is 23.7 Å². The van der Waals surface area contributed by atoms with Gasteiger partial charge in [0.2, 0.25) is 6.29 Å². The molecule has 1 saturated heterocycles. The Hall–Kier alpha value is -2.01. The normalized spacial score (nSPS) is 32.8. The van der Waals surface area contributed by atoms with Crippen molar-refractivity contribution in [3.8, 4) is 11.5 Å². The van der Waals surface area contributed by atoms with Crippen LogP contribution < -0.4 is 15.2 Å². The predicted molar refractivity (Wildman–Crippen MR) is 136 cm³/mol. The fourth-order valence-corrected chi connectivity index (χ4v) is 6.89. The topological polar surface area (TPSA) is 138 Å². The number of carbonyl (C=O) groups is 2. The Balaban J connectivity index is 1.90. The van der Waals surface area contributed by atoms with Crippen molar-refractivity contribution in [3.05, 3.63) is 23.8 Å². The van der Waals surface area contributed by atoms with Crippen LogP contribution in [-0.2, 0) is 19.1 Å².